The van der Waals surface area contributed by atoms with E-state index in [0.29, 0.717) is 26.1 Å². The average Bonchev–Trinajstić information content (AvgIpc) is 2.67. The van der Waals surface area contributed by atoms with Gasteiger partial charge >= 0.3 is 0 Å². The highest BCUT2D eigenvalue weighted by atomic mass is 16.2. The van der Waals surface area contributed by atoms with Crippen molar-refractivity contribution < 1.29 is 9.59 Å². The normalized spacial score (nSPS) is 17.1. The lowest BCUT2D eigenvalue weighted by molar-refractivity contribution is -0.120. The summed E-state index contributed by atoms with van der Waals surface area (Å²) in [6.45, 7) is 1.32. The van der Waals surface area contributed by atoms with Gasteiger partial charge in [0.2, 0.25) is 5.91 Å². The van der Waals surface area contributed by atoms with Gasteiger partial charge in [0.15, 0.2) is 0 Å². The van der Waals surface area contributed by atoms with Gasteiger partial charge < -0.3 is 10.2 Å². The fourth-order valence-electron chi connectivity index (χ4n) is 1.36. The lowest BCUT2D eigenvalue weighted by Gasteiger charge is -2.16. The first-order valence-electron chi connectivity index (χ1n) is 4.57. The number of carbonyl (C=O) groups is 2. The minimum atomic E-state index is -0.305. The fraction of sp³-hybridized carbons (Fsp3) is 0.571. The number of aromatic nitrogens is 4. The van der Waals surface area contributed by atoms with Crippen molar-refractivity contribution >= 4 is 11.8 Å². The van der Waals surface area contributed by atoms with E-state index in [-0.39, 0.29) is 17.6 Å². The highest BCUT2D eigenvalue weighted by Crippen LogP contribution is 2.01. The lowest BCUT2D eigenvalue weighted by atomic mass is 10.3. The van der Waals surface area contributed by atoms with Crippen molar-refractivity contribution in [1.82, 2.24) is 30.8 Å². The van der Waals surface area contributed by atoms with E-state index in [2.05, 4.69) is 25.9 Å². The molecule has 8 heteroatoms. The van der Waals surface area contributed by atoms with Gasteiger partial charge in [-0.1, -0.05) is 0 Å². The predicted octanol–water partition coefficient (Wildman–Crippen LogP) is -1.84. The number of H-pyrrole nitrogens is 1. The minimum absolute atomic E-state index is 0.0318. The second-order valence-electron chi connectivity index (χ2n) is 3.13. The molecule has 0 spiro atoms. The van der Waals surface area contributed by atoms with Crippen LogP contribution >= 0.6 is 0 Å². The van der Waals surface area contributed by atoms with Crippen molar-refractivity contribution in [3.63, 3.8) is 0 Å². The lowest BCUT2D eigenvalue weighted by Crippen LogP contribution is -2.34. The monoisotopic (exact) mass is 210 g/mol. The topological polar surface area (TPSA) is 104 Å². The summed E-state index contributed by atoms with van der Waals surface area (Å²) in [7, 11) is 0. The zero-order valence-corrected chi connectivity index (χ0v) is 7.93. The molecule has 8 nitrogen and oxygen atoms in total. The number of rotatable bonds is 1. The van der Waals surface area contributed by atoms with Crippen molar-refractivity contribution in [3.05, 3.63) is 5.82 Å². The third-order valence-electron chi connectivity index (χ3n) is 2.14. The van der Waals surface area contributed by atoms with Gasteiger partial charge in [-0.25, -0.2) is 0 Å². The predicted molar refractivity (Wildman–Crippen MR) is 47.7 cm³/mol. The summed E-state index contributed by atoms with van der Waals surface area (Å²) in [5.74, 6) is -0.317. The fourth-order valence-corrected chi connectivity index (χ4v) is 1.36. The van der Waals surface area contributed by atoms with Crippen molar-refractivity contribution in [3.8, 4) is 0 Å². The van der Waals surface area contributed by atoms with Crippen molar-refractivity contribution in [2.75, 3.05) is 19.6 Å². The smallest absolute Gasteiger partial charge is 0.295 e. The highest BCUT2D eigenvalue weighted by molar-refractivity contribution is 5.90. The summed E-state index contributed by atoms with van der Waals surface area (Å²) in [5.41, 5.74) is 0. The Bertz CT molecular complexity index is 362. The summed E-state index contributed by atoms with van der Waals surface area (Å²) in [6.07, 6.45) is 0.309. The third kappa shape index (κ3) is 2.09. The molecule has 2 rings (SSSR count). The summed E-state index contributed by atoms with van der Waals surface area (Å²) in [5, 5.41) is 15.4. The molecule has 0 radical (unpaired) electrons. The van der Waals surface area contributed by atoms with Crippen molar-refractivity contribution in [2.45, 2.75) is 6.42 Å². The van der Waals surface area contributed by atoms with E-state index in [1.807, 2.05) is 0 Å². The molecule has 0 aromatic carbocycles. The van der Waals surface area contributed by atoms with Crippen LogP contribution in [0.3, 0.4) is 0 Å². The third-order valence-corrected chi connectivity index (χ3v) is 2.14. The summed E-state index contributed by atoms with van der Waals surface area (Å²) in [6, 6.07) is 0. The number of hydrogen-bond acceptors (Lipinski definition) is 5. The molecule has 2 amide bonds. The number of nitrogens with zero attached hydrogens (tertiary/aromatic N) is 4. The standard InChI is InChI=1S/C7H10N6O2/c14-5-1-3-13(4-2-8-5)7(15)6-9-11-12-10-6/h1-4H2,(H,8,14)(H,9,10,11,12). The van der Waals surface area contributed by atoms with Crippen molar-refractivity contribution in [2.24, 2.45) is 0 Å². The van der Waals surface area contributed by atoms with Gasteiger partial charge in [0.25, 0.3) is 11.7 Å². The molecular weight excluding hydrogens is 200 g/mol. The van der Waals surface area contributed by atoms with Crippen LogP contribution in [-0.4, -0.2) is 57.0 Å². The molecule has 1 aromatic heterocycles. The minimum Gasteiger partial charge on any atom is -0.354 e. The molecule has 2 N–H and O–H groups in total. The SMILES string of the molecule is O=C1CCN(C(=O)c2nn[nH]n2)CCN1. The summed E-state index contributed by atoms with van der Waals surface area (Å²) < 4.78 is 0. The van der Waals surface area contributed by atoms with Crippen LogP contribution in [0.15, 0.2) is 0 Å². The first-order valence-corrected chi connectivity index (χ1v) is 4.57. The first kappa shape index (κ1) is 9.56. The van der Waals surface area contributed by atoms with Crippen LogP contribution < -0.4 is 5.32 Å². The Morgan fingerprint density at radius 1 is 1.40 bits per heavy atom. The Hall–Kier alpha value is -1.99. The Morgan fingerprint density at radius 3 is 3.00 bits per heavy atom. The maximum atomic E-state index is 11.7. The number of amides is 2. The van der Waals surface area contributed by atoms with Gasteiger partial charge in [-0.05, 0) is 5.21 Å². The maximum absolute atomic E-state index is 11.7. The number of tetrazole rings is 1. The second-order valence-corrected chi connectivity index (χ2v) is 3.13. The van der Waals surface area contributed by atoms with Crippen LogP contribution in [0.25, 0.3) is 0 Å². The van der Waals surface area contributed by atoms with Gasteiger partial charge in [-0.3, -0.25) is 9.59 Å². The van der Waals surface area contributed by atoms with Crippen LogP contribution in [0.4, 0.5) is 0 Å². The zero-order valence-electron chi connectivity index (χ0n) is 7.93. The zero-order chi connectivity index (χ0) is 10.7. The number of carbonyl (C=O) groups excluding carboxylic acids is 2. The first-order chi connectivity index (χ1) is 7.27. The molecule has 1 fully saturated rings. The van der Waals surface area contributed by atoms with Crippen LogP contribution in [0.1, 0.15) is 17.0 Å². The molecule has 1 aliphatic rings. The number of hydrogen-bond donors (Lipinski definition) is 2. The van der Waals surface area contributed by atoms with Crippen LogP contribution in [-0.2, 0) is 4.79 Å². The van der Waals surface area contributed by atoms with Gasteiger partial charge in [-0.2, -0.15) is 5.21 Å². The second kappa shape index (κ2) is 4.03. The average molecular weight is 210 g/mol. The Balaban J connectivity index is 2.04. The quantitative estimate of drug-likeness (QED) is 0.567. The van der Waals surface area contributed by atoms with E-state index in [9.17, 15) is 9.59 Å². The molecule has 2 heterocycles. The van der Waals surface area contributed by atoms with E-state index in [4.69, 9.17) is 0 Å². The Labute approximate surface area is 85.0 Å². The number of nitrogens with one attached hydrogen (secondary N) is 2. The van der Waals surface area contributed by atoms with E-state index in [1.54, 1.807) is 0 Å². The summed E-state index contributed by atoms with van der Waals surface area (Å²) in [4.78, 5) is 24.3. The molecule has 1 aliphatic heterocycles. The van der Waals surface area contributed by atoms with Crippen molar-refractivity contribution in [1.29, 1.82) is 0 Å². The largest absolute Gasteiger partial charge is 0.354 e. The molecule has 0 saturated carbocycles. The molecule has 80 valence electrons. The van der Waals surface area contributed by atoms with Gasteiger partial charge in [0.1, 0.15) is 0 Å². The molecule has 15 heavy (non-hydrogen) atoms. The molecule has 0 bridgehead atoms. The summed E-state index contributed by atoms with van der Waals surface area (Å²) >= 11 is 0. The van der Waals surface area contributed by atoms with Gasteiger partial charge in [-0.15, -0.1) is 10.2 Å². The van der Waals surface area contributed by atoms with E-state index in [0.717, 1.165) is 0 Å². The molecule has 0 aliphatic carbocycles. The number of aromatic amines is 1. The van der Waals surface area contributed by atoms with E-state index < -0.39 is 0 Å². The Morgan fingerprint density at radius 2 is 2.27 bits per heavy atom. The van der Waals surface area contributed by atoms with Gasteiger partial charge in [0, 0.05) is 26.1 Å². The van der Waals surface area contributed by atoms with Gasteiger partial charge in [0.05, 0.1) is 0 Å². The molecular formula is C7H10N6O2. The van der Waals surface area contributed by atoms with E-state index >= 15 is 0 Å². The molecule has 1 saturated heterocycles. The maximum Gasteiger partial charge on any atom is 0.295 e. The molecule has 0 atom stereocenters. The molecule has 0 unspecified atom stereocenters. The highest BCUT2D eigenvalue weighted by Gasteiger charge is 2.22. The van der Waals surface area contributed by atoms with E-state index in [1.165, 1.54) is 4.90 Å². The Kier molecular flexibility index (Phi) is 2.57. The molecule has 1 aromatic rings. The van der Waals surface area contributed by atoms with Crippen LogP contribution in [0, 0.1) is 0 Å². The van der Waals surface area contributed by atoms with Crippen LogP contribution in [0.5, 0.6) is 0 Å². The van der Waals surface area contributed by atoms with Crippen LogP contribution in [0.2, 0.25) is 0 Å².